The lowest BCUT2D eigenvalue weighted by Crippen LogP contribution is -2.57. The molecule has 0 atom stereocenters. The highest BCUT2D eigenvalue weighted by atomic mass is 16.5. The van der Waals surface area contributed by atoms with Gasteiger partial charge in [0, 0.05) is 10.8 Å². The van der Waals surface area contributed by atoms with Crippen molar-refractivity contribution in [3.8, 4) is 45.3 Å². The SMILES string of the molecule is c1ccc(-c2c3ccccc3c(-c3ccc4c(c3)Oc3c5c(cc6ccccc36)Oc3ccccc3B45)c3ccccc23)cc1. The Balaban J connectivity index is 1.26. The summed E-state index contributed by atoms with van der Waals surface area (Å²) in [6, 6.07) is 54.2. The molecule has 2 aliphatic rings. The quantitative estimate of drug-likeness (QED) is 0.152. The highest BCUT2D eigenvalue weighted by Crippen LogP contribution is 2.45. The third-order valence-electron chi connectivity index (χ3n) is 9.56. The van der Waals surface area contributed by atoms with Gasteiger partial charge < -0.3 is 9.47 Å². The lowest BCUT2D eigenvalue weighted by Gasteiger charge is -2.34. The molecule has 0 amide bonds. The van der Waals surface area contributed by atoms with Crippen molar-refractivity contribution in [2.24, 2.45) is 0 Å². The van der Waals surface area contributed by atoms with E-state index in [-0.39, 0.29) is 6.71 Å². The lowest BCUT2D eigenvalue weighted by atomic mass is 9.34. The third kappa shape index (κ3) is 3.52. The van der Waals surface area contributed by atoms with E-state index < -0.39 is 0 Å². The monoisotopic (exact) mass is 572 g/mol. The van der Waals surface area contributed by atoms with Gasteiger partial charge in [-0.2, -0.15) is 0 Å². The molecule has 0 unspecified atom stereocenters. The van der Waals surface area contributed by atoms with Crippen molar-refractivity contribution in [1.29, 1.82) is 0 Å². The first-order valence-electron chi connectivity index (χ1n) is 15.5. The van der Waals surface area contributed by atoms with E-state index in [1.54, 1.807) is 0 Å². The highest BCUT2D eigenvalue weighted by Gasteiger charge is 2.41. The molecule has 45 heavy (non-hydrogen) atoms. The Bertz CT molecular complexity index is 2440. The van der Waals surface area contributed by atoms with Crippen LogP contribution in [0, 0.1) is 0 Å². The van der Waals surface area contributed by atoms with Crippen LogP contribution in [0.2, 0.25) is 0 Å². The number of rotatable bonds is 2. The summed E-state index contributed by atoms with van der Waals surface area (Å²) in [6.45, 7) is 0.0244. The molecule has 0 bridgehead atoms. The van der Waals surface area contributed by atoms with Crippen LogP contribution in [0.3, 0.4) is 0 Å². The highest BCUT2D eigenvalue weighted by molar-refractivity contribution is 6.98. The summed E-state index contributed by atoms with van der Waals surface area (Å²) in [6.07, 6.45) is 0. The van der Waals surface area contributed by atoms with Gasteiger partial charge in [0.2, 0.25) is 0 Å². The molecule has 2 heterocycles. The van der Waals surface area contributed by atoms with Gasteiger partial charge in [0.1, 0.15) is 23.0 Å². The molecule has 0 aliphatic carbocycles. The smallest absolute Gasteiger partial charge is 0.260 e. The van der Waals surface area contributed by atoms with E-state index in [4.69, 9.17) is 9.47 Å². The maximum Gasteiger partial charge on any atom is 0.260 e. The van der Waals surface area contributed by atoms with E-state index in [0.717, 1.165) is 50.3 Å². The second-order valence-electron chi connectivity index (χ2n) is 12.0. The summed E-state index contributed by atoms with van der Waals surface area (Å²) in [5.74, 6) is 3.56. The van der Waals surface area contributed by atoms with Crippen LogP contribution in [0.4, 0.5) is 0 Å². The predicted molar refractivity (Wildman–Crippen MR) is 188 cm³/mol. The number of para-hydroxylation sites is 1. The molecular weight excluding hydrogens is 547 g/mol. The van der Waals surface area contributed by atoms with Crippen LogP contribution in [-0.2, 0) is 0 Å². The molecule has 0 spiro atoms. The van der Waals surface area contributed by atoms with Gasteiger partial charge in [-0.05, 0) is 78.3 Å². The Morgan fingerprint density at radius 3 is 1.69 bits per heavy atom. The van der Waals surface area contributed by atoms with Crippen molar-refractivity contribution >= 4 is 55.4 Å². The van der Waals surface area contributed by atoms with E-state index >= 15 is 0 Å². The summed E-state index contributed by atoms with van der Waals surface area (Å²) in [5, 5.41) is 7.16. The Morgan fingerprint density at radius 1 is 0.378 bits per heavy atom. The molecule has 0 aromatic heterocycles. The molecule has 3 heteroatoms. The maximum atomic E-state index is 6.95. The fraction of sp³-hybridized carbons (Fsp3) is 0. The standard InChI is InChI=1S/C42H25BO2/c1-2-12-26(13-3-1)39-30-16-6-8-18-32(30)40(33-19-9-7-17-31(33)39)28-22-23-35-37(25-28)45-42-29-15-5-4-14-27(29)24-38-41(42)43(35)34-20-10-11-21-36(34)44-38/h1-25H. The number of hydrogen-bond donors (Lipinski definition) is 0. The molecule has 0 saturated carbocycles. The van der Waals surface area contributed by atoms with Crippen LogP contribution in [0.5, 0.6) is 23.0 Å². The van der Waals surface area contributed by atoms with Crippen LogP contribution < -0.4 is 25.9 Å². The normalized spacial score (nSPS) is 12.8. The molecule has 0 radical (unpaired) electrons. The lowest BCUT2D eigenvalue weighted by molar-refractivity contribution is 0.468. The van der Waals surface area contributed by atoms with Gasteiger partial charge in [0.05, 0.1) is 0 Å². The summed E-state index contributed by atoms with van der Waals surface area (Å²) in [4.78, 5) is 0. The average molecular weight is 572 g/mol. The van der Waals surface area contributed by atoms with Crippen LogP contribution in [0.1, 0.15) is 0 Å². The number of ether oxygens (including phenoxy) is 2. The summed E-state index contributed by atoms with van der Waals surface area (Å²) in [7, 11) is 0. The molecule has 2 nitrogen and oxygen atoms in total. The Hall–Kier alpha value is -5.80. The molecule has 0 saturated heterocycles. The molecule has 2 aliphatic heterocycles. The molecule has 8 aromatic carbocycles. The molecule has 0 fully saturated rings. The van der Waals surface area contributed by atoms with E-state index in [1.807, 2.05) is 6.07 Å². The first kappa shape index (κ1) is 24.6. The van der Waals surface area contributed by atoms with Crippen LogP contribution >= 0.6 is 0 Å². The second kappa shape index (κ2) is 9.35. The number of fused-ring (bicyclic) bond motifs is 8. The largest absolute Gasteiger partial charge is 0.458 e. The average Bonchev–Trinajstić information content (AvgIpc) is 3.10. The van der Waals surface area contributed by atoms with Gasteiger partial charge in [0.25, 0.3) is 6.71 Å². The van der Waals surface area contributed by atoms with Gasteiger partial charge in [-0.1, -0.05) is 133 Å². The zero-order valence-corrected chi connectivity index (χ0v) is 24.3. The number of hydrogen-bond acceptors (Lipinski definition) is 2. The first-order valence-corrected chi connectivity index (χ1v) is 15.5. The minimum Gasteiger partial charge on any atom is -0.458 e. The van der Waals surface area contributed by atoms with Gasteiger partial charge >= 0.3 is 0 Å². The van der Waals surface area contributed by atoms with E-state index in [0.29, 0.717) is 0 Å². The third-order valence-corrected chi connectivity index (χ3v) is 9.56. The Morgan fingerprint density at radius 2 is 0.956 bits per heavy atom. The number of benzene rings is 8. The van der Waals surface area contributed by atoms with Crippen molar-refractivity contribution in [2.75, 3.05) is 0 Å². The van der Waals surface area contributed by atoms with Crippen LogP contribution in [-0.4, -0.2) is 6.71 Å². The van der Waals surface area contributed by atoms with Crippen LogP contribution in [0.25, 0.3) is 54.6 Å². The summed E-state index contributed by atoms with van der Waals surface area (Å²) >= 11 is 0. The first-order chi connectivity index (χ1) is 22.3. The van der Waals surface area contributed by atoms with Crippen molar-refractivity contribution in [2.45, 2.75) is 0 Å². The minimum atomic E-state index is 0.0244. The zero-order valence-electron chi connectivity index (χ0n) is 24.3. The van der Waals surface area contributed by atoms with Crippen molar-refractivity contribution in [3.05, 3.63) is 152 Å². The fourth-order valence-corrected chi connectivity index (χ4v) is 7.66. The van der Waals surface area contributed by atoms with E-state index in [2.05, 4.69) is 146 Å². The second-order valence-corrected chi connectivity index (χ2v) is 12.0. The molecule has 8 aromatic rings. The van der Waals surface area contributed by atoms with Gasteiger partial charge in [-0.25, -0.2) is 0 Å². The summed E-state index contributed by atoms with van der Waals surface area (Å²) < 4.78 is 13.5. The maximum absolute atomic E-state index is 6.95. The Labute approximate surface area is 261 Å². The predicted octanol–water partition coefficient (Wildman–Crippen LogP) is 9.21. The van der Waals surface area contributed by atoms with Gasteiger partial charge in [-0.15, -0.1) is 0 Å². The molecule has 10 rings (SSSR count). The van der Waals surface area contributed by atoms with Crippen molar-refractivity contribution in [1.82, 2.24) is 0 Å². The minimum absolute atomic E-state index is 0.0244. The molecule has 0 N–H and O–H groups in total. The summed E-state index contributed by atoms with van der Waals surface area (Å²) in [5.41, 5.74) is 8.30. The van der Waals surface area contributed by atoms with Crippen molar-refractivity contribution < 1.29 is 9.47 Å². The van der Waals surface area contributed by atoms with Gasteiger partial charge in [-0.3, -0.25) is 0 Å². The van der Waals surface area contributed by atoms with Gasteiger partial charge in [0.15, 0.2) is 0 Å². The zero-order chi connectivity index (χ0) is 29.5. The topological polar surface area (TPSA) is 18.5 Å². The molecular formula is C42H25BO2. The van der Waals surface area contributed by atoms with Crippen molar-refractivity contribution in [3.63, 3.8) is 0 Å². The van der Waals surface area contributed by atoms with E-state index in [9.17, 15) is 0 Å². The molecule has 208 valence electrons. The van der Waals surface area contributed by atoms with E-state index in [1.165, 1.54) is 43.7 Å². The Kier molecular flexibility index (Phi) is 5.12. The fourth-order valence-electron chi connectivity index (χ4n) is 7.66. The van der Waals surface area contributed by atoms with Crippen LogP contribution in [0.15, 0.2) is 152 Å².